The molecule has 2 aromatic rings. The van der Waals surface area contributed by atoms with Crippen molar-refractivity contribution in [2.45, 2.75) is 13.0 Å². The van der Waals surface area contributed by atoms with Gasteiger partial charge in [-0.05, 0) is 18.2 Å². The molecule has 0 amide bonds. The Balaban J connectivity index is 2.12. The maximum atomic E-state index is 13.2. The van der Waals surface area contributed by atoms with Crippen LogP contribution in [0.5, 0.6) is 0 Å². The summed E-state index contributed by atoms with van der Waals surface area (Å²) in [6.07, 6.45) is 0.767. The number of hydrogen-bond acceptors (Lipinski definition) is 3. The topological polar surface area (TPSA) is 37.9 Å². The van der Waals surface area contributed by atoms with Crippen LogP contribution in [0.1, 0.15) is 11.3 Å². The third-order valence-electron chi connectivity index (χ3n) is 3.04. The van der Waals surface area contributed by atoms with Crippen LogP contribution >= 0.6 is 23.8 Å². The fourth-order valence-electron chi connectivity index (χ4n) is 2.04. The zero-order valence-electron chi connectivity index (χ0n) is 9.87. The van der Waals surface area contributed by atoms with E-state index >= 15 is 0 Å². The van der Waals surface area contributed by atoms with Crippen molar-refractivity contribution in [2.24, 2.45) is 0 Å². The van der Waals surface area contributed by atoms with E-state index in [9.17, 15) is 4.39 Å². The molecule has 0 saturated carbocycles. The molecule has 1 aromatic heterocycles. The largest absolute Gasteiger partial charge is 0.376 e. The monoisotopic (exact) mass is 296 g/mol. The van der Waals surface area contributed by atoms with Gasteiger partial charge in [-0.25, -0.2) is 9.37 Å². The summed E-state index contributed by atoms with van der Waals surface area (Å²) in [5.74, 6) is 0.155. The second-order valence-electron chi connectivity index (χ2n) is 4.28. The number of hydrogen-bond donors (Lipinski definition) is 1. The minimum Gasteiger partial charge on any atom is -0.376 e. The Kier molecular flexibility index (Phi) is 3.35. The second-order valence-corrected chi connectivity index (χ2v) is 5.07. The lowest BCUT2D eigenvalue weighted by molar-refractivity contribution is 0.108. The average Bonchev–Trinajstić information content (AvgIpc) is 2.42. The van der Waals surface area contributed by atoms with Crippen LogP contribution in [0.25, 0.3) is 11.4 Å². The van der Waals surface area contributed by atoms with Gasteiger partial charge in [-0.2, -0.15) is 0 Å². The molecular weight excluding hydrogens is 287 g/mol. The van der Waals surface area contributed by atoms with E-state index in [1.165, 1.54) is 12.1 Å². The molecule has 0 fully saturated rings. The average molecular weight is 297 g/mol. The van der Waals surface area contributed by atoms with Gasteiger partial charge in [0.25, 0.3) is 0 Å². The van der Waals surface area contributed by atoms with Crippen molar-refractivity contribution in [3.63, 3.8) is 0 Å². The normalized spacial score (nSPS) is 14.2. The molecule has 0 atom stereocenters. The maximum absolute atomic E-state index is 13.2. The van der Waals surface area contributed by atoms with Gasteiger partial charge < -0.3 is 9.72 Å². The highest BCUT2D eigenvalue weighted by atomic mass is 35.5. The molecule has 98 valence electrons. The summed E-state index contributed by atoms with van der Waals surface area (Å²) < 4.78 is 19.0. The van der Waals surface area contributed by atoms with Crippen molar-refractivity contribution in [3.8, 4) is 11.4 Å². The minimum absolute atomic E-state index is 0.0691. The number of aromatic amines is 1. The molecule has 1 aliphatic heterocycles. The Bertz CT molecular complexity index is 702. The smallest absolute Gasteiger partial charge is 0.141 e. The molecule has 3 rings (SSSR count). The van der Waals surface area contributed by atoms with E-state index in [2.05, 4.69) is 9.97 Å². The molecule has 2 heterocycles. The van der Waals surface area contributed by atoms with Crippen LogP contribution in [0.2, 0.25) is 5.02 Å². The van der Waals surface area contributed by atoms with Gasteiger partial charge >= 0.3 is 0 Å². The van der Waals surface area contributed by atoms with Gasteiger partial charge in [-0.1, -0.05) is 23.8 Å². The molecule has 0 radical (unpaired) electrons. The molecule has 0 unspecified atom stereocenters. The number of nitrogens with one attached hydrogen (secondary N) is 1. The van der Waals surface area contributed by atoms with Crippen molar-refractivity contribution in [1.29, 1.82) is 0 Å². The number of fused-ring (bicyclic) bond motifs is 1. The highest BCUT2D eigenvalue weighted by Crippen LogP contribution is 2.24. The van der Waals surface area contributed by atoms with Gasteiger partial charge in [0, 0.05) is 23.2 Å². The van der Waals surface area contributed by atoms with Crippen molar-refractivity contribution < 1.29 is 9.13 Å². The third kappa shape index (κ3) is 2.41. The zero-order valence-corrected chi connectivity index (χ0v) is 11.4. The predicted molar refractivity (Wildman–Crippen MR) is 73.2 cm³/mol. The Morgan fingerprint density at radius 1 is 1.42 bits per heavy atom. The van der Waals surface area contributed by atoms with Crippen molar-refractivity contribution in [2.75, 3.05) is 6.61 Å². The Morgan fingerprint density at radius 2 is 2.26 bits per heavy atom. The molecule has 1 aromatic carbocycles. The first-order valence-corrected chi connectivity index (χ1v) is 6.59. The zero-order chi connectivity index (χ0) is 13.4. The van der Waals surface area contributed by atoms with Crippen LogP contribution < -0.4 is 0 Å². The van der Waals surface area contributed by atoms with Gasteiger partial charge in [0.2, 0.25) is 0 Å². The molecule has 1 aliphatic rings. The maximum Gasteiger partial charge on any atom is 0.141 e. The van der Waals surface area contributed by atoms with Gasteiger partial charge in [0.1, 0.15) is 16.3 Å². The summed E-state index contributed by atoms with van der Waals surface area (Å²) in [5.41, 5.74) is 2.67. The molecule has 1 N–H and O–H groups in total. The van der Waals surface area contributed by atoms with Crippen molar-refractivity contribution >= 4 is 23.8 Å². The summed E-state index contributed by atoms with van der Waals surface area (Å²) in [5, 5.41) is 0.0691. The van der Waals surface area contributed by atoms with Gasteiger partial charge in [0.05, 0.1) is 18.2 Å². The van der Waals surface area contributed by atoms with Gasteiger partial charge in [0.15, 0.2) is 0 Å². The first kappa shape index (κ1) is 12.7. The van der Waals surface area contributed by atoms with E-state index in [0.29, 0.717) is 29.2 Å². The van der Waals surface area contributed by atoms with Crippen LogP contribution in [0.15, 0.2) is 18.2 Å². The first-order valence-electron chi connectivity index (χ1n) is 5.80. The van der Waals surface area contributed by atoms with E-state index < -0.39 is 5.82 Å². The van der Waals surface area contributed by atoms with E-state index in [1.54, 1.807) is 6.07 Å². The van der Waals surface area contributed by atoms with E-state index in [0.717, 1.165) is 17.7 Å². The Hall–Kier alpha value is -1.30. The van der Waals surface area contributed by atoms with E-state index in [-0.39, 0.29) is 5.02 Å². The molecule has 0 saturated heterocycles. The molecular formula is C13H10ClFN2OS. The van der Waals surface area contributed by atoms with Crippen molar-refractivity contribution in [3.05, 3.63) is 44.9 Å². The standard InChI is InChI=1S/C13H10ClFN2OS/c14-9-5-7(1-2-10(9)15)12-16-11-3-4-18-6-8(11)13(19)17-12/h1-2,5H,3-4,6H2,(H,16,17,19). The highest BCUT2D eigenvalue weighted by molar-refractivity contribution is 7.71. The predicted octanol–water partition coefficient (Wildman–Crippen LogP) is 3.67. The molecule has 0 bridgehead atoms. The third-order valence-corrected chi connectivity index (χ3v) is 3.67. The lowest BCUT2D eigenvalue weighted by Crippen LogP contribution is -2.14. The molecule has 19 heavy (non-hydrogen) atoms. The Labute approximate surface area is 119 Å². The van der Waals surface area contributed by atoms with E-state index in [4.69, 9.17) is 28.6 Å². The SMILES string of the molecule is Fc1ccc(-c2nc(=S)c3c([nH]2)CCOC3)cc1Cl. The van der Waals surface area contributed by atoms with Crippen LogP contribution in [0.3, 0.4) is 0 Å². The van der Waals surface area contributed by atoms with Crippen molar-refractivity contribution in [1.82, 2.24) is 9.97 Å². The summed E-state index contributed by atoms with van der Waals surface area (Å²) in [6.45, 7) is 1.15. The molecule has 3 nitrogen and oxygen atoms in total. The lowest BCUT2D eigenvalue weighted by Gasteiger charge is -2.17. The second kappa shape index (κ2) is 5.00. The lowest BCUT2D eigenvalue weighted by atomic mass is 10.1. The molecule has 0 spiro atoms. The number of H-pyrrole nitrogens is 1. The number of halogens is 2. The molecule has 0 aliphatic carbocycles. The Morgan fingerprint density at radius 3 is 3.05 bits per heavy atom. The van der Waals surface area contributed by atoms with Crippen LogP contribution in [0.4, 0.5) is 4.39 Å². The summed E-state index contributed by atoms with van der Waals surface area (Å²) in [7, 11) is 0. The van der Waals surface area contributed by atoms with Crippen LogP contribution in [-0.4, -0.2) is 16.6 Å². The highest BCUT2D eigenvalue weighted by Gasteiger charge is 2.14. The fraction of sp³-hybridized carbons (Fsp3) is 0.231. The number of aromatic nitrogens is 2. The van der Waals surface area contributed by atoms with E-state index in [1.807, 2.05) is 0 Å². The first-order chi connectivity index (χ1) is 9.15. The fourth-order valence-corrected chi connectivity index (χ4v) is 2.49. The number of benzene rings is 1. The summed E-state index contributed by atoms with van der Waals surface area (Å²) in [4.78, 5) is 7.56. The van der Waals surface area contributed by atoms with Crippen LogP contribution in [-0.2, 0) is 17.8 Å². The number of rotatable bonds is 1. The minimum atomic E-state index is -0.449. The van der Waals surface area contributed by atoms with Gasteiger partial charge in [-0.3, -0.25) is 0 Å². The van der Waals surface area contributed by atoms with Crippen LogP contribution in [0, 0.1) is 10.5 Å². The quantitative estimate of drug-likeness (QED) is 0.816. The molecule has 6 heteroatoms. The number of ether oxygens (including phenoxy) is 1. The van der Waals surface area contributed by atoms with Gasteiger partial charge in [-0.15, -0.1) is 0 Å². The summed E-state index contributed by atoms with van der Waals surface area (Å²) in [6, 6.07) is 4.48. The summed E-state index contributed by atoms with van der Waals surface area (Å²) >= 11 is 11.1. The number of nitrogens with zero attached hydrogens (tertiary/aromatic N) is 1.